The molecule has 1 radical (unpaired) electrons. The number of thioether (sulfide) groups is 1. The van der Waals surface area contributed by atoms with Crippen LogP contribution in [0.2, 0.25) is 0 Å². The van der Waals surface area contributed by atoms with Crippen molar-refractivity contribution in [3.05, 3.63) is 6.42 Å². The molecule has 0 spiro atoms. The molecule has 0 aliphatic heterocycles. The number of hydrogen-bond donors (Lipinski definition) is 0. The van der Waals surface area contributed by atoms with E-state index in [1.165, 1.54) is 12.8 Å². The van der Waals surface area contributed by atoms with Crippen molar-refractivity contribution in [3.8, 4) is 0 Å². The second-order valence-electron chi connectivity index (χ2n) is 1.91. The maximum absolute atomic E-state index is 2.24. The Morgan fingerprint density at radius 2 is 2.11 bits per heavy atom. The molecule has 0 aliphatic rings. The monoisotopic (exact) mass is 220 g/mol. The Balaban J connectivity index is 0. The van der Waals surface area contributed by atoms with Crippen molar-refractivity contribution in [2.75, 3.05) is 6.26 Å². The quantitative estimate of drug-likeness (QED) is 0.656. The van der Waals surface area contributed by atoms with Crippen molar-refractivity contribution >= 4 is 11.8 Å². The van der Waals surface area contributed by atoms with Gasteiger partial charge in [0.1, 0.15) is 0 Å². The number of hydrogen-bond acceptors (Lipinski definition) is 1. The van der Waals surface area contributed by atoms with Gasteiger partial charge >= 0.3 is 0 Å². The summed E-state index contributed by atoms with van der Waals surface area (Å²) in [5.74, 6) is 0. The first kappa shape index (κ1) is 13.1. The molecule has 0 heterocycles. The van der Waals surface area contributed by atoms with Gasteiger partial charge in [-0.2, -0.15) is 25.1 Å². The molecule has 0 N–H and O–H groups in total. The van der Waals surface area contributed by atoms with Gasteiger partial charge in [0.2, 0.25) is 0 Å². The van der Waals surface area contributed by atoms with Crippen molar-refractivity contribution in [1.82, 2.24) is 0 Å². The van der Waals surface area contributed by atoms with Crippen LogP contribution in [0.4, 0.5) is 0 Å². The zero-order valence-corrected chi connectivity index (χ0v) is 10.2. The van der Waals surface area contributed by atoms with Gasteiger partial charge in [-0.05, 0) is 17.9 Å². The van der Waals surface area contributed by atoms with Gasteiger partial charge in [-0.1, -0.05) is 6.92 Å². The summed E-state index contributed by atoms with van der Waals surface area (Å²) in [6.45, 7) is 4.36. The standard InChI is InChI=1S/C7H15S.Y/c1-4-6-7(5-2)8-3;/h4,7H,5-6H2,1-3H3;/q-1;. The van der Waals surface area contributed by atoms with Gasteiger partial charge in [0.15, 0.2) is 0 Å². The fraction of sp³-hybridized carbons (Fsp3) is 0.857. The first-order chi connectivity index (χ1) is 3.85. The van der Waals surface area contributed by atoms with E-state index in [0.29, 0.717) is 0 Å². The Bertz CT molecular complexity index is 44.2. The third-order valence-electron chi connectivity index (χ3n) is 1.29. The zero-order valence-electron chi connectivity index (χ0n) is 6.55. The number of rotatable bonds is 4. The van der Waals surface area contributed by atoms with E-state index in [9.17, 15) is 0 Å². The van der Waals surface area contributed by atoms with Crippen LogP contribution in [-0.2, 0) is 32.7 Å². The van der Waals surface area contributed by atoms with Crippen molar-refractivity contribution in [2.45, 2.75) is 31.9 Å². The molecule has 0 aromatic carbocycles. The summed E-state index contributed by atoms with van der Waals surface area (Å²) in [5.41, 5.74) is 0. The van der Waals surface area contributed by atoms with E-state index >= 15 is 0 Å². The minimum absolute atomic E-state index is 0. The minimum atomic E-state index is 0. The van der Waals surface area contributed by atoms with Gasteiger partial charge < -0.3 is 6.42 Å². The second kappa shape index (κ2) is 9.45. The SMILES string of the molecule is C[CH-]CC(CC)SC.[Y]. The van der Waals surface area contributed by atoms with Crippen molar-refractivity contribution in [2.24, 2.45) is 0 Å². The smallest absolute Gasteiger partial charge is 0 e. The van der Waals surface area contributed by atoms with Crippen molar-refractivity contribution in [1.29, 1.82) is 0 Å². The molecule has 1 unspecified atom stereocenters. The molecule has 0 amide bonds. The molecular formula is C7H15SY-. The second-order valence-corrected chi connectivity index (χ2v) is 3.05. The van der Waals surface area contributed by atoms with Crippen LogP contribution in [0.5, 0.6) is 0 Å². The van der Waals surface area contributed by atoms with E-state index in [-0.39, 0.29) is 32.7 Å². The largest absolute Gasteiger partial charge is 0.330 e. The molecule has 0 saturated carbocycles. The Morgan fingerprint density at radius 3 is 2.22 bits per heavy atom. The van der Waals surface area contributed by atoms with E-state index in [1.54, 1.807) is 0 Å². The van der Waals surface area contributed by atoms with Crippen LogP contribution >= 0.6 is 11.8 Å². The fourth-order valence-electron chi connectivity index (χ4n) is 0.692. The zero-order chi connectivity index (χ0) is 6.41. The van der Waals surface area contributed by atoms with Crippen LogP contribution < -0.4 is 0 Å². The molecule has 53 valence electrons. The molecule has 0 aromatic rings. The maximum Gasteiger partial charge on any atom is 0 e. The van der Waals surface area contributed by atoms with Gasteiger partial charge in [0.25, 0.3) is 0 Å². The van der Waals surface area contributed by atoms with E-state index in [4.69, 9.17) is 0 Å². The summed E-state index contributed by atoms with van der Waals surface area (Å²) >= 11 is 1.96. The predicted molar refractivity (Wildman–Crippen MR) is 42.2 cm³/mol. The average molecular weight is 220 g/mol. The summed E-state index contributed by atoms with van der Waals surface area (Å²) in [6, 6.07) is 0. The topological polar surface area (TPSA) is 0 Å². The van der Waals surface area contributed by atoms with Gasteiger partial charge in [0.05, 0.1) is 0 Å². The predicted octanol–water partition coefficient (Wildman–Crippen LogP) is 2.74. The summed E-state index contributed by atoms with van der Waals surface area (Å²) < 4.78 is 0. The Morgan fingerprint density at radius 1 is 1.56 bits per heavy atom. The molecule has 0 aliphatic carbocycles. The minimum Gasteiger partial charge on any atom is -0.330 e. The fourth-order valence-corrected chi connectivity index (χ4v) is 1.41. The molecule has 0 saturated heterocycles. The summed E-state index contributed by atoms with van der Waals surface area (Å²) in [7, 11) is 0. The third-order valence-corrected chi connectivity index (χ3v) is 2.48. The molecule has 0 bridgehead atoms. The first-order valence-corrected chi connectivity index (χ1v) is 4.44. The van der Waals surface area contributed by atoms with E-state index in [0.717, 1.165) is 5.25 Å². The molecule has 1 atom stereocenters. The van der Waals surface area contributed by atoms with Crippen molar-refractivity contribution < 1.29 is 32.7 Å². The molecule has 2 heteroatoms. The molecule has 9 heavy (non-hydrogen) atoms. The Hall–Kier alpha value is 1.45. The summed E-state index contributed by atoms with van der Waals surface area (Å²) in [4.78, 5) is 0. The van der Waals surface area contributed by atoms with Gasteiger partial charge in [0, 0.05) is 32.7 Å². The molecule has 0 nitrogen and oxygen atoms in total. The van der Waals surface area contributed by atoms with E-state index in [1.807, 2.05) is 11.8 Å². The normalized spacial score (nSPS) is 12.3. The van der Waals surface area contributed by atoms with Gasteiger partial charge in [-0.15, -0.1) is 0 Å². The first-order valence-electron chi connectivity index (χ1n) is 3.15. The molecular weight excluding hydrogens is 205 g/mol. The average Bonchev–Trinajstić information content (AvgIpc) is 1.83. The maximum atomic E-state index is 2.24. The van der Waals surface area contributed by atoms with Crippen LogP contribution in [0.15, 0.2) is 0 Å². The summed E-state index contributed by atoms with van der Waals surface area (Å²) in [6.07, 6.45) is 6.98. The van der Waals surface area contributed by atoms with Crippen LogP contribution in [0.3, 0.4) is 0 Å². The molecule has 0 rings (SSSR count). The van der Waals surface area contributed by atoms with Crippen LogP contribution in [0, 0.1) is 6.42 Å². The van der Waals surface area contributed by atoms with Crippen LogP contribution in [0.25, 0.3) is 0 Å². The van der Waals surface area contributed by atoms with Gasteiger partial charge in [-0.25, -0.2) is 0 Å². The summed E-state index contributed by atoms with van der Waals surface area (Å²) in [5, 5.41) is 0.861. The Kier molecular flexibility index (Phi) is 13.7. The van der Waals surface area contributed by atoms with Crippen LogP contribution in [-0.4, -0.2) is 11.5 Å². The molecule has 0 aromatic heterocycles. The van der Waals surface area contributed by atoms with Crippen LogP contribution in [0.1, 0.15) is 26.7 Å². The molecule has 0 fully saturated rings. The third kappa shape index (κ3) is 7.35. The Labute approximate surface area is 88.4 Å². The van der Waals surface area contributed by atoms with E-state index in [2.05, 4.69) is 26.5 Å². The van der Waals surface area contributed by atoms with Crippen molar-refractivity contribution in [3.63, 3.8) is 0 Å². The van der Waals surface area contributed by atoms with Gasteiger partial charge in [-0.3, -0.25) is 0 Å². The van der Waals surface area contributed by atoms with E-state index < -0.39 is 0 Å².